The fraction of sp³-hybridized carbons (Fsp3) is 0.350. The number of imidazole rings is 1. The zero-order valence-electron chi connectivity index (χ0n) is 14.8. The maximum absolute atomic E-state index is 11.5. The number of nitrogens with zero attached hydrogens (tertiary/aromatic N) is 3. The number of rotatable bonds is 4. The highest BCUT2D eigenvalue weighted by Gasteiger charge is 2.24. The fourth-order valence-electron chi connectivity index (χ4n) is 3.85. The highest BCUT2D eigenvalue weighted by molar-refractivity contribution is 5.82. The third-order valence-corrected chi connectivity index (χ3v) is 5.14. The Bertz CT molecular complexity index is 958. The van der Waals surface area contributed by atoms with Gasteiger partial charge in [0.1, 0.15) is 17.2 Å². The molecule has 0 saturated heterocycles. The molecule has 6 heteroatoms. The molecule has 3 aromatic rings. The van der Waals surface area contributed by atoms with E-state index in [1.54, 1.807) is 12.1 Å². The zero-order valence-corrected chi connectivity index (χ0v) is 14.8. The van der Waals surface area contributed by atoms with E-state index in [1.807, 2.05) is 31.2 Å². The van der Waals surface area contributed by atoms with Gasteiger partial charge in [-0.05, 0) is 38.0 Å². The van der Waals surface area contributed by atoms with Crippen molar-refractivity contribution in [2.75, 3.05) is 5.32 Å². The number of nitro groups is 1. The molecule has 1 aromatic carbocycles. The first-order valence-electron chi connectivity index (χ1n) is 9.13. The molecule has 1 saturated carbocycles. The van der Waals surface area contributed by atoms with Crippen LogP contribution >= 0.6 is 0 Å². The summed E-state index contributed by atoms with van der Waals surface area (Å²) in [5.41, 5.74) is 3.14. The highest BCUT2D eigenvalue weighted by Crippen LogP contribution is 2.36. The van der Waals surface area contributed by atoms with Crippen molar-refractivity contribution in [1.29, 1.82) is 0 Å². The van der Waals surface area contributed by atoms with Gasteiger partial charge in [0.05, 0.1) is 10.5 Å². The Hall–Kier alpha value is -2.89. The largest absolute Gasteiger partial charge is 0.367 e. The molecule has 1 aliphatic carbocycles. The van der Waals surface area contributed by atoms with Crippen LogP contribution in [0, 0.1) is 17.0 Å². The Morgan fingerprint density at radius 1 is 1.12 bits per heavy atom. The average molecular weight is 350 g/mol. The smallest absolute Gasteiger partial charge is 0.278 e. The van der Waals surface area contributed by atoms with Crippen molar-refractivity contribution in [1.82, 2.24) is 9.38 Å². The molecule has 4 rings (SSSR count). The van der Waals surface area contributed by atoms with E-state index in [0.717, 1.165) is 30.0 Å². The van der Waals surface area contributed by atoms with Crippen LogP contribution in [0.25, 0.3) is 16.9 Å². The Balaban J connectivity index is 1.90. The second kappa shape index (κ2) is 6.78. The van der Waals surface area contributed by atoms with Gasteiger partial charge in [0.25, 0.3) is 5.69 Å². The van der Waals surface area contributed by atoms with Crippen molar-refractivity contribution in [3.05, 3.63) is 58.3 Å². The Morgan fingerprint density at radius 2 is 1.88 bits per heavy atom. The molecule has 0 unspecified atom stereocenters. The van der Waals surface area contributed by atoms with Gasteiger partial charge in [-0.15, -0.1) is 0 Å². The van der Waals surface area contributed by atoms with E-state index >= 15 is 0 Å². The van der Waals surface area contributed by atoms with Crippen molar-refractivity contribution in [3.8, 4) is 11.3 Å². The SMILES string of the molecule is Cc1cccc2nc(-c3ccccc3[N+](=O)[O-])c(NC3CCCCC3)n12. The monoisotopic (exact) mass is 350 g/mol. The van der Waals surface area contributed by atoms with Crippen LogP contribution in [-0.2, 0) is 0 Å². The summed E-state index contributed by atoms with van der Waals surface area (Å²) in [4.78, 5) is 15.9. The summed E-state index contributed by atoms with van der Waals surface area (Å²) in [6.07, 6.45) is 5.95. The normalized spacial score (nSPS) is 15.3. The van der Waals surface area contributed by atoms with Gasteiger partial charge in [0, 0.05) is 17.8 Å². The van der Waals surface area contributed by atoms with Crippen LogP contribution in [0.15, 0.2) is 42.5 Å². The molecule has 134 valence electrons. The topological polar surface area (TPSA) is 72.5 Å². The molecule has 0 aliphatic heterocycles. The lowest BCUT2D eigenvalue weighted by Gasteiger charge is -2.24. The first kappa shape index (κ1) is 16.6. The number of aryl methyl sites for hydroxylation is 1. The Labute approximate surface area is 152 Å². The second-order valence-corrected chi connectivity index (χ2v) is 6.92. The molecule has 0 atom stereocenters. The maximum atomic E-state index is 11.5. The summed E-state index contributed by atoms with van der Waals surface area (Å²) in [5, 5.41) is 15.2. The van der Waals surface area contributed by atoms with Crippen LogP contribution in [0.2, 0.25) is 0 Å². The van der Waals surface area contributed by atoms with Crippen LogP contribution < -0.4 is 5.32 Å². The minimum atomic E-state index is -0.337. The molecular formula is C20H22N4O2. The molecule has 0 amide bonds. The molecule has 6 nitrogen and oxygen atoms in total. The predicted molar refractivity (Wildman–Crippen MR) is 103 cm³/mol. The van der Waals surface area contributed by atoms with Gasteiger partial charge in [-0.2, -0.15) is 0 Å². The van der Waals surface area contributed by atoms with Crippen LogP contribution in [0.5, 0.6) is 0 Å². The molecule has 1 N–H and O–H groups in total. The number of aromatic nitrogens is 2. The van der Waals surface area contributed by atoms with Gasteiger partial charge >= 0.3 is 0 Å². The maximum Gasteiger partial charge on any atom is 0.278 e. The number of anilines is 1. The lowest BCUT2D eigenvalue weighted by Crippen LogP contribution is -2.23. The van der Waals surface area contributed by atoms with Gasteiger partial charge in [-0.3, -0.25) is 14.5 Å². The van der Waals surface area contributed by atoms with E-state index in [9.17, 15) is 10.1 Å². The van der Waals surface area contributed by atoms with Crippen LogP contribution in [0.1, 0.15) is 37.8 Å². The summed E-state index contributed by atoms with van der Waals surface area (Å²) in [6, 6.07) is 13.1. The van der Waals surface area contributed by atoms with Gasteiger partial charge in [0.15, 0.2) is 0 Å². The van der Waals surface area contributed by atoms with E-state index < -0.39 is 0 Å². The van der Waals surface area contributed by atoms with E-state index in [4.69, 9.17) is 4.98 Å². The number of nitrogens with one attached hydrogen (secondary N) is 1. The quantitative estimate of drug-likeness (QED) is 0.533. The first-order chi connectivity index (χ1) is 12.6. The molecule has 26 heavy (non-hydrogen) atoms. The summed E-state index contributed by atoms with van der Waals surface area (Å²) in [6.45, 7) is 2.03. The van der Waals surface area contributed by atoms with E-state index in [1.165, 1.54) is 25.3 Å². The molecule has 2 heterocycles. The summed E-state index contributed by atoms with van der Waals surface area (Å²) < 4.78 is 2.07. The average Bonchev–Trinajstić information content (AvgIpc) is 3.02. The number of hydrogen-bond acceptors (Lipinski definition) is 4. The summed E-state index contributed by atoms with van der Waals surface area (Å²) in [7, 11) is 0. The number of fused-ring (bicyclic) bond motifs is 1. The van der Waals surface area contributed by atoms with Gasteiger partial charge in [-0.1, -0.05) is 37.5 Å². The third-order valence-electron chi connectivity index (χ3n) is 5.14. The van der Waals surface area contributed by atoms with Crippen LogP contribution in [-0.4, -0.2) is 20.3 Å². The molecule has 1 fully saturated rings. The van der Waals surface area contributed by atoms with E-state index in [0.29, 0.717) is 17.3 Å². The molecule has 0 bridgehead atoms. The second-order valence-electron chi connectivity index (χ2n) is 6.92. The summed E-state index contributed by atoms with van der Waals surface area (Å²) >= 11 is 0. The molecule has 1 aliphatic rings. The van der Waals surface area contributed by atoms with Crippen LogP contribution in [0.3, 0.4) is 0 Å². The standard InChI is InChI=1S/C20H22N4O2/c1-14-8-7-13-18-22-19(16-11-5-6-12-17(16)24(25)26)20(23(14)18)21-15-9-3-2-4-10-15/h5-8,11-13,15,21H,2-4,9-10H2,1H3. The van der Waals surface area contributed by atoms with Crippen molar-refractivity contribution in [2.24, 2.45) is 0 Å². The minimum absolute atomic E-state index is 0.0836. The van der Waals surface area contributed by atoms with Crippen molar-refractivity contribution < 1.29 is 4.92 Å². The van der Waals surface area contributed by atoms with Gasteiger partial charge in [-0.25, -0.2) is 4.98 Å². The Kier molecular flexibility index (Phi) is 4.32. The number of pyridine rings is 1. The number of nitro benzene ring substituents is 1. The van der Waals surface area contributed by atoms with Gasteiger partial charge < -0.3 is 5.32 Å². The molecule has 0 spiro atoms. The predicted octanol–water partition coefficient (Wildman–Crippen LogP) is 4.96. The lowest BCUT2D eigenvalue weighted by molar-refractivity contribution is -0.384. The fourth-order valence-corrected chi connectivity index (χ4v) is 3.85. The van der Waals surface area contributed by atoms with Gasteiger partial charge in [0.2, 0.25) is 0 Å². The van der Waals surface area contributed by atoms with Crippen molar-refractivity contribution in [3.63, 3.8) is 0 Å². The lowest BCUT2D eigenvalue weighted by atomic mass is 9.95. The number of para-hydroxylation sites is 1. The van der Waals surface area contributed by atoms with E-state index in [-0.39, 0.29) is 10.6 Å². The molecule has 2 aromatic heterocycles. The van der Waals surface area contributed by atoms with Crippen molar-refractivity contribution in [2.45, 2.75) is 45.1 Å². The minimum Gasteiger partial charge on any atom is -0.367 e. The number of benzene rings is 1. The van der Waals surface area contributed by atoms with E-state index in [2.05, 4.69) is 9.72 Å². The first-order valence-corrected chi connectivity index (χ1v) is 9.13. The summed E-state index contributed by atoms with van der Waals surface area (Å²) in [5.74, 6) is 0.860. The highest BCUT2D eigenvalue weighted by atomic mass is 16.6. The zero-order chi connectivity index (χ0) is 18.1. The molecular weight excluding hydrogens is 328 g/mol. The molecule has 0 radical (unpaired) electrons. The third kappa shape index (κ3) is 2.92. The van der Waals surface area contributed by atoms with Crippen LogP contribution in [0.4, 0.5) is 11.5 Å². The van der Waals surface area contributed by atoms with Crippen molar-refractivity contribution >= 4 is 17.2 Å². The Morgan fingerprint density at radius 3 is 2.65 bits per heavy atom. The number of hydrogen-bond donors (Lipinski definition) is 1.